The SMILES string of the molecule is NC(=O)NCC#Cc1ccc2c(c1)[C@]1(C(=O)N2)[C@H](c2ccc(O)cc2)N2[C@H](c3ccccc3)[C@H](c3ccccc3)OC(=O)[C@H]2[C@@H]1C(=O)NCc1nc2ccccc2[nH]1. The zero-order chi connectivity index (χ0) is 40.0. The summed E-state index contributed by atoms with van der Waals surface area (Å²) in [6.45, 7) is -0.0354. The molecule has 6 atom stereocenters. The number of benzene rings is 5. The highest BCUT2D eigenvalue weighted by Crippen LogP contribution is 2.64. The van der Waals surface area contributed by atoms with E-state index in [9.17, 15) is 14.7 Å². The number of para-hydroxylation sites is 2. The van der Waals surface area contributed by atoms with Crippen LogP contribution in [0, 0.1) is 17.8 Å². The molecule has 58 heavy (non-hydrogen) atoms. The maximum atomic E-state index is 15.3. The number of esters is 1. The number of nitrogens with two attached hydrogens (primary N) is 1. The summed E-state index contributed by atoms with van der Waals surface area (Å²) < 4.78 is 6.46. The molecule has 0 saturated carbocycles. The Balaban J connectivity index is 1.27. The number of rotatable bonds is 7. The molecule has 3 aliphatic rings. The second-order valence-corrected chi connectivity index (χ2v) is 14.5. The van der Waals surface area contributed by atoms with Crippen LogP contribution in [0.2, 0.25) is 0 Å². The molecule has 5 aromatic carbocycles. The van der Waals surface area contributed by atoms with Gasteiger partial charge in [-0.1, -0.05) is 96.8 Å². The van der Waals surface area contributed by atoms with Crippen molar-refractivity contribution in [1.29, 1.82) is 0 Å². The highest BCUT2D eigenvalue weighted by molar-refractivity contribution is 6.12. The van der Waals surface area contributed by atoms with Crippen LogP contribution in [0.15, 0.2) is 127 Å². The number of primary amides is 1. The third kappa shape index (κ3) is 6.07. The summed E-state index contributed by atoms with van der Waals surface area (Å²) in [5.74, 6) is 3.35. The zero-order valence-corrected chi connectivity index (χ0v) is 30.9. The van der Waals surface area contributed by atoms with Crippen molar-refractivity contribution in [3.8, 4) is 17.6 Å². The van der Waals surface area contributed by atoms with E-state index in [1.165, 1.54) is 12.1 Å². The zero-order valence-electron chi connectivity index (χ0n) is 30.9. The monoisotopic (exact) mass is 771 g/mol. The number of anilines is 1. The van der Waals surface area contributed by atoms with E-state index in [2.05, 4.69) is 37.8 Å². The summed E-state index contributed by atoms with van der Waals surface area (Å²) in [5.41, 5.74) is 8.54. The first-order valence-electron chi connectivity index (χ1n) is 18.8. The first kappa shape index (κ1) is 36.2. The molecule has 1 spiro atoms. The molecule has 2 fully saturated rings. The van der Waals surface area contributed by atoms with Crippen molar-refractivity contribution in [3.63, 3.8) is 0 Å². The molecule has 6 aromatic rings. The van der Waals surface area contributed by atoms with Gasteiger partial charge >= 0.3 is 12.0 Å². The van der Waals surface area contributed by atoms with Crippen LogP contribution in [0.1, 0.15) is 51.8 Å². The van der Waals surface area contributed by atoms with Gasteiger partial charge in [-0.3, -0.25) is 19.3 Å². The first-order valence-corrected chi connectivity index (χ1v) is 18.8. The minimum Gasteiger partial charge on any atom is -0.508 e. The Hall–Kier alpha value is -7.43. The number of aromatic hydroxyl groups is 1. The number of fused-ring (bicyclic) bond motifs is 4. The van der Waals surface area contributed by atoms with Crippen molar-refractivity contribution in [1.82, 2.24) is 25.5 Å². The van der Waals surface area contributed by atoms with E-state index < -0.39 is 59.4 Å². The van der Waals surface area contributed by atoms with Crippen molar-refractivity contribution in [2.45, 2.75) is 36.2 Å². The summed E-state index contributed by atoms with van der Waals surface area (Å²) in [7, 11) is 0. The maximum Gasteiger partial charge on any atom is 0.324 e. The average molecular weight is 772 g/mol. The average Bonchev–Trinajstić information content (AvgIpc) is 3.89. The molecule has 2 saturated heterocycles. The lowest BCUT2D eigenvalue weighted by molar-refractivity contribution is -0.178. The molecule has 3 aliphatic heterocycles. The summed E-state index contributed by atoms with van der Waals surface area (Å²) in [6.07, 6.45) is -0.833. The van der Waals surface area contributed by atoms with Crippen LogP contribution in [0.4, 0.5) is 10.5 Å². The Kier molecular flexibility index (Phi) is 9.10. The third-order valence-electron chi connectivity index (χ3n) is 11.3. The number of morpholine rings is 1. The number of amides is 4. The smallest absolute Gasteiger partial charge is 0.324 e. The number of imidazole rings is 1. The number of aromatic nitrogens is 2. The molecule has 0 unspecified atom stereocenters. The van der Waals surface area contributed by atoms with Crippen LogP contribution in [-0.4, -0.2) is 56.4 Å². The quantitative estimate of drug-likeness (QED) is 0.0978. The normalized spacial score (nSPS) is 23.3. The number of nitrogens with one attached hydrogen (secondary N) is 4. The van der Waals surface area contributed by atoms with Gasteiger partial charge in [0.05, 0.1) is 42.1 Å². The van der Waals surface area contributed by atoms with Crippen LogP contribution < -0.4 is 21.7 Å². The number of carbonyl (C=O) groups is 4. The molecule has 13 heteroatoms. The standard InChI is InChI=1S/C45H37N7O6/c46-44(57)47-23-9-10-26-17-22-32-31(24-26)45(43(56)51-32)36(41(54)48-25-35-49-33-15-7-8-16-34(33)50-35)38-42(55)58-39(28-13-5-2-6-14-28)37(27-11-3-1-4-12-27)52(38)40(45)29-18-20-30(53)21-19-29/h1-8,11-22,24,36-40,53H,23,25H2,(H,48,54)(H,49,50)(H,51,56)(H3,46,47,57)/t36-,37-,38-,39+,40+,45-/m1/s1. The van der Waals surface area contributed by atoms with Crippen LogP contribution in [0.5, 0.6) is 5.75 Å². The minimum atomic E-state index is -1.75. The molecule has 0 bridgehead atoms. The van der Waals surface area contributed by atoms with Crippen molar-refractivity contribution in [2.75, 3.05) is 11.9 Å². The number of ether oxygens (including phenoxy) is 1. The Morgan fingerprint density at radius 2 is 1.55 bits per heavy atom. The number of nitrogens with zero attached hydrogens (tertiary/aromatic N) is 2. The fourth-order valence-corrected chi connectivity index (χ4v) is 8.98. The van der Waals surface area contributed by atoms with Crippen molar-refractivity contribution >= 4 is 40.5 Å². The molecule has 7 N–H and O–H groups in total. The van der Waals surface area contributed by atoms with Crippen molar-refractivity contribution < 1.29 is 29.0 Å². The summed E-state index contributed by atoms with van der Waals surface area (Å²) in [6, 6.07) is 34.6. The fourth-order valence-electron chi connectivity index (χ4n) is 8.98. The van der Waals surface area contributed by atoms with Crippen LogP contribution in [-0.2, 0) is 31.1 Å². The largest absolute Gasteiger partial charge is 0.508 e. The lowest BCUT2D eigenvalue weighted by Gasteiger charge is -2.46. The maximum absolute atomic E-state index is 15.3. The van der Waals surface area contributed by atoms with Gasteiger partial charge in [-0.25, -0.2) is 9.78 Å². The molecule has 288 valence electrons. The lowest BCUT2D eigenvalue weighted by Crippen LogP contribution is -2.54. The lowest BCUT2D eigenvalue weighted by atomic mass is 9.65. The molecule has 0 aliphatic carbocycles. The summed E-state index contributed by atoms with van der Waals surface area (Å²) >= 11 is 0. The summed E-state index contributed by atoms with van der Waals surface area (Å²) in [4.78, 5) is 66.6. The van der Waals surface area contributed by atoms with E-state index in [0.29, 0.717) is 28.2 Å². The van der Waals surface area contributed by atoms with E-state index in [0.717, 1.165) is 22.2 Å². The molecule has 4 amide bonds. The van der Waals surface area contributed by atoms with Crippen molar-refractivity contribution in [2.24, 2.45) is 11.7 Å². The van der Waals surface area contributed by atoms with Crippen LogP contribution >= 0.6 is 0 Å². The fraction of sp³-hybridized carbons (Fsp3) is 0.178. The highest BCUT2D eigenvalue weighted by atomic mass is 16.6. The topological polar surface area (TPSA) is 192 Å². The van der Waals surface area contributed by atoms with Gasteiger partial charge in [0.2, 0.25) is 11.8 Å². The van der Waals surface area contributed by atoms with E-state index in [-0.39, 0.29) is 18.8 Å². The number of phenolic OH excluding ortho intramolecular Hbond substituents is 1. The molecular formula is C45H37N7O6. The Bertz CT molecular complexity index is 2610. The van der Waals surface area contributed by atoms with Gasteiger partial charge in [-0.2, -0.15) is 0 Å². The second kappa shape index (κ2) is 14.6. The van der Waals surface area contributed by atoms with Gasteiger partial charge in [-0.15, -0.1) is 0 Å². The number of phenols is 1. The Labute approximate surface area is 332 Å². The minimum absolute atomic E-state index is 0.00528. The molecular weight excluding hydrogens is 735 g/mol. The molecule has 13 nitrogen and oxygen atoms in total. The second-order valence-electron chi connectivity index (χ2n) is 14.5. The summed E-state index contributed by atoms with van der Waals surface area (Å²) in [5, 5.41) is 19.1. The predicted molar refractivity (Wildman–Crippen MR) is 214 cm³/mol. The molecule has 4 heterocycles. The number of carbonyl (C=O) groups excluding carboxylic acids is 4. The number of cyclic esters (lactones) is 1. The van der Waals surface area contributed by atoms with Gasteiger partial charge in [0.15, 0.2) is 0 Å². The Morgan fingerprint density at radius 1 is 0.845 bits per heavy atom. The van der Waals surface area contributed by atoms with E-state index in [4.69, 9.17) is 10.5 Å². The first-order chi connectivity index (χ1) is 28.2. The molecule has 1 aromatic heterocycles. The van der Waals surface area contributed by atoms with E-state index in [1.807, 2.05) is 89.8 Å². The van der Waals surface area contributed by atoms with Crippen LogP contribution in [0.25, 0.3) is 11.0 Å². The van der Waals surface area contributed by atoms with E-state index in [1.54, 1.807) is 30.3 Å². The number of hydrogen-bond acceptors (Lipinski definition) is 8. The van der Waals surface area contributed by atoms with Crippen molar-refractivity contribution in [3.05, 3.63) is 161 Å². The number of H-pyrrole nitrogens is 1. The van der Waals surface area contributed by atoms with Gasteiger partial charge in [-0.05, 0) is 64.7 Å². The number of aromatic amines is 1. The molecule has 0 radical (unpaired) electrons. The van der Waals surface area contributed by atoms with Gasteiger partial charge in [0.1, 0.15) is 29.1 Å². The predicted octanol–water partition coefficient (Wildman–Crippen LogP) is 4.88. The third-order valence-corrected chi connectivity index (χ3v) is 11.3. The van der Waals surface area contributed by atoms with Gasteiger partial charge < -0.3 is 36.5 Å². The van der Waals surface area contributed by atoms with Crippen LogP contribution in [0.3, 0.4) is 0 Å². The van der Waals surface area contributed by atoms with Gasteiger partial charge in [0.25, 0.3) is 0 Å². The van der Waals surface area contributed by atoms with Gasteiger partial charge in [0, 0.05) is 11.3 Å². The highest BCUT2D eigenvalue weighted by Gasteiger charge is 2.74. The number of urea groups is 1. The molecule has 9 rings (SSSR count). The van der Waals surface area contributed by atoms with E-state index >= 15 is 9.59 Å². The number of hydrogen-bond donors (Lipinski definition) is 6. The Morgan fingerprint density at radius 3 is 2.28 bits per heavy atom.